The third kappa shape index (κ3) is 3.05. The molecule has 0 fully saturated rings. The number of nitrogens with one attached hydrogen (secondary N) is 1. The van der Waals surface area contributed by atoms with Gasteiger partial charge in [0.05, 0.1) is 5.56 Å². The number of nitrogens with two attached hydrogens (primary N) is 1. The van der Waals surface area contributed by atoms with E-state index in [2.05, 4.69) is 31.2 Å². The fraction of sp³-hybridized carbons (Fsp3) is 0.154. The number of anilines is 1. The lowest BCUT2D eigenvalue weighted by molar-refractivity contribution is 0.0998. The van der Waals surface area contributed by atoms with E-state index >= 15 is 0 Å². The van der Waals surface area contributed by atoms with Crippen LogP contribution in [0.25, 0.3) is 0 Å². The molecular formula is C13H13BrN4O2. The van der Waals surface area contributed by atoms with Crippen molar-refractivity contribution in [1.29, 1.82) is 0 Å². The molecule has 104 valence electrons. The Morgan fingerprint density at radius 3 is 2.85 bits per heavy atom. The molecule has 6 nitrogen and oxygen atoms in total. The molecule has 0 saturated carbocycles. The molecule has 1 aromatic heterocycles. The molecule has 0 bridgehead atoms. The summed E-state index contributed by atoms with van der Waals surface area (Å²) in [7, 11) is 0. The van der Waals surface area contributed by atoms with E-state index in [0.717, 1.165) is 0 Å². The van der Waals surface area contributed by atoms with E-state index in [1.807, 2.05) is 6.92 Å². The van der Waals surface area contributed by atoms with Crippen LogP contribution in [-0.2, 0) is 0 Å². The van der Waals surface area contributed by atoms with Crippen molar-refractivity contribution in [2.75, 3.05) is 11.9 Å². The minimum atomic E-state index is -0.558. The van der Waals surface area contributed by atoms with E-state index in [9.17, 15) is 4.79 Å². The molecule has 0 atom stereocenters. The fourth-order valence-corrected chi connectivity index (χ4v) is 2.00. The van der Waals surface area contributed by atoms with Crippen LogP contribution in [0.15, 0.2) is 35.1 Å². The normalized spacial score (nSPS) is 10.1. The van der Waals surface area contributed by atoms with Gasteiger partial charge in [0.2, 0.25) is 5.88 Å². The highest BCUT2D eigenvalue weighted by Crippen LogP contribution is 2.32. The summed E-state index contributed by atoms with van der Waals surface area (Å²) in [5.74, 6) is 0.721. The molecular weight excluding hydrogens is 324 g/mol. The Hall–Kier alpha value is -2.15. The molecule has 2 rings (SSSR count). The van der Waals surface area contributed by atoms with Gasteiger partial charge < -0.3 is 15.8 Å². The SMILES string of the molecule is CCNc1ncnc(Oc2ccccc2C(N)=O)c1Br. The lowest BCUT2D eigenvalue weighted by atomic mass is 10.2. The largest absolute Gasteiger partial charge is 0.437 e. The highest BCUT2D eigenvalue weighted by atomic mass is 79.9. The first kappa shape index (κ1) is 14.3. The van der Waals surface area contributed by atoms with Crippen LogP contribution in [0.3, 0.4) is 0 Å². The summed E-state index contributed by atoms with van der Waals surface area (Å²) in [5, 5.41) is 3.07. The molecule has 7 heteroatoms. The molecule has 0 saturated heterocycles. The van der Waals surface area contributed by atoms with Gasteiger partial charge in [0.25, 0.3) is 5.91 Å². The van der Waals surface area contributed by atoms with Crippen molar-refractivity contribution in [3.8, 4) is 11.6 Å². The molecule has 20 heavy (non-hydrogen) atoms. The van der Waals surface area contributed by atoms with Crippen LogP contribution >= 0.6 is 15.9 Å². The molecule has 1 amide bonds. The zero-order chi connectivity index (χ0) is 14.5. The first-order chi connectivity index (χ1) is 9.63. The van der Waals surface area contributed by atoms with Crippen LogP contribution in [0.1, 0.15) is 17.3 Å². The number of ether oxygens (including phenoxy) is 1. The van der Waals surface area contributed by atoms with E-state index < -0.39 is 5.91 Å². The van der Waals surface area contributed by atoms with Gasteiger partial charge in [-0.2, -0.15) is 0 Å². The van der Waals surface area contributed by atoms with Crippen molar-refractivity contribution in [1.82, 2.24) is 9.97 Å². The first-order valence-electron chi connectivity index (χ1n) is 5.94. The third-order valence-corrected chi connectivity index (χ3v) is 3.18. The molecule has 0 aliphatic heterocycles. The Morgan fingerprint density at radius 2 is 2.15 bits per heavy atom. The van der Waals surface area contributed by atoms with E-state index in [-0.39, 0.29) is 0 Å². The van der Waals surface area contributed by atoms with Crippen molar-refractivity contribution in [3.05, 3.63) is 40.6 Å². The number of benzene rings is 1. The van der Waals surface area contributed by atoms with Gasteiger partial charge >= 0.3 is 0 Å². The quantitative estimate of drug-likeness (QED) is 0.875. The Kier molecular flexibility index (Phi) is 4.52. The van der Waals surface area contributed by atoms with Crippen LogP contribution in [0.5, 0.6) is 11.6 Å². The Bertz CT molecular complexity index is 634. The van der Waals surface area contributed by atoms with Crippen molar-refractivity contribution >= 4 is 27.7 Å². The highest BCUT2D eigenvalue weighted by Gasteiger charge is 2.14. The number of carbonyl (C=O) groups excluding carboxylic acids is 1. The minimum Gasteiger partial charge on any atom is -0.437 e. The molecule has 2 aromatic rings. The molecule has 1 aromatic carbocycles. The van der Waals surface area contributed by atoms with Gasteiger partial charge in [-0.1, -0.05) is 12.1 Å². The lowest BCUT2D eigenvalue weighted by Crippen LogP contribution is -2.12. The van der Waals surface area contributed by atoms with E-state index in [1.54, 1.807) is 24.3 Å². The smallest absolute Gasteiger partial charge is 0.252 e. The molecule has 0 unspecified atom stereocenters. The molecule has 0 aliphatic rings. The van der Waals surface area contributed by atoms with Gasteiger partial charge in [-0.05, 0) is 35.0 Å². The number of nitrogens with zero attached hydrogens (tertiary/aromatic N) is 2. The molecule has 0 radical (unpaired) electrons. The number of halogens is 1. The van der Waals surface area contributed by atoms with Crippen molar-refractivity contribution in [3.63, 3.8) is 0 Å². The standard InChI is InChI=1S/C13H13BrN4O2/c1-2-16-12-10(14)13(18-7-17-12)20-9-6-4-3-5-8(9)11(15)19/h3-7H,2H2,1H3,(H2,15,19)(H,16,17,18). The summed E-state index contributed by atoms with van der Waals surface area (Å²) >= 11 is 3.37. The molecule has 0 spiro atoms. The minimum absolute atomic E-state index is 0.294. The predicted octanol–water partition coefficient (Wildman–Crippen LogP) is 2.56. The number of carbonyl (C=O) groups is 1. The second kappa shape index (κ2) is 6.33. The Morgan fingerprint density at radius 1 is 1.40 bits per heavy atom. The van der Waals surface area contributed by atoms with Crippen molar-refractivity contribution < 1.29 is 9.53 Å². The summed E-state index contributed by atoms with van der Waals surface area (Å²) in [6.45, 7) is 2.67. The van der Waals surface area contributed by atoms with E-state index in [4.69, 9.17) is 10.5 Å². The highest BCUT2D eigenvalue weighted by molar-refractivity contribution is 9.10. The number of primary amides is 1. The summed E-state index contributed by atoms with van der Waals surface area (Å²) < 4.78 is 6.23. The molecule has 1 heterocycles. The van der Waals surface area contributed by atoms with Gasteiger partial charge in [-0.25, -0.2) is 9.97 Å². The zero-order valence-corrected chi connectivity index (χ0v) is 12.3. The van der Waals surface area contributed by atoms with Crippen LogP contribution in [0.2, 0.25) is 0 Å². The van der Waals surface area contributed by atoms with E-state index in [1.165, 1.54) is 6.33 Å². The number of hydrogen-bond acceptors (Lipinski definition) is 5. The lowest BCUT2D eigenvalue weighted by Gasteiger charge is -2.11. The van der Waals surface area contributed by atoms with Crippen LogP contribution in [-0.4, -0.2) is 22.4 Å². The van der Waals surface area contributed by atoms with Gasteiger partial charge in [0, 0.05) is 6.54 Å². The van der Waals surface area contributed by atoms with Gasteiger partial charge in [-0.15, -0.1) is 0 Å². The Balaban J connectivity index is 2.36. The van der Waals surface area contributed by atoms with Gasteiger partial charge in [0.15, 0.2) is 0 Å². The molecule has 0 aliphatic carbocycles. The third-order valence-electron chi connectivity index (χ3n) is 2.46. The number of para-hydroxylation sites is 1. The molecule has 3 N–H and O–H groups in total. The van der Waals surface area contributed by atoms with Crippen molar-refractivity contribution in [2.45, 2.75) is 6.92 Å². The van der Waals surface area contributed by atoms with E-state index in [0.29, 0.717) is 34.0 Å². The topological polar surface area (TPSA) is 90.1 Å². The maximum absolute atomic E-state index is 11.4. The Labute approximate surface area is 124 Å². The van der Waals surface area contributed by atoms with Gasteiger partial charge in [-0.3, -0.25) is 4.79 Å². The summed E-state index contributed by atoms with van der Waals surface area (Å²) in [6, 6.07) is 6.72. The van der Waals surface area contributed by atoms with Crippen molar-refractivity contribution in [2.24, 2.45) is 5.73 Å². The van der Waals surface area contributed by atoms with Crippen LogP contribution in [0.4, 0.5) is 5.82 Å². The number of amides is 1. The van der Waals surface area contributed by atoms with Gasteiger partial charge in [0.1, 0.15) is 22.4 Å². The monoisotopic (exact) mass is 336 g/mol. The number of aromatic nitrogens is 2. The average molecular weight is 337 g/mol. The summed E-state index contributed by atoms with van der Waals surface area (Å²) in [4.78, 5) is 19.5. The fourth-order valence-electron chi connectivity index (χ4n) is 1.58. The second-order valence-electron chi connectivity index (χ2n) is 3.83. The number of hydrogen-bond donors (Lipinski definition) is 2. The summed E-state index contributed by atoms with van der Waals surface area (Å²) in [6.07, 6.45) is 1.38. The van der Waals surface area contributed by atoms with Crippen LogP contribution in [0, 0.1) is 0 Å². The second-order valence-corrected chi connectivity index (χ2v) is 4.63. The number of rotatable bonds is 5. The van der Waals surface area contributed by atoms with Crippen LogP contribution < -0.4 is 15.8 Å². The predicted molar refractivity (Wildman–Crippen MR) is 78.9 cm³/mol. The zero-order valence-electron chi connectivity index (χ0n) is 10.8. The average Bonchev–Trinajstić information content (AvgIpc) is 2.44. The maximum Gasteiger partial charge on any atom is 0.252 e. The maximum atomic E-state index is 11.4. The first-order valence-corrected chi connectivity index (χ1v) is 6.73. The summed E-state index contributed by atoms with van der Waals surface area (Å²) in [5.41, 5.74) is 5.60.